The Kier molecular flexibility index (Phi) is 6.57. The molecule has 0 bridgehead atoms. The number of aliphatic hydroxyl groups excluding tert-OH is 2. The van der Waals surface area contributed by atoms with Gasteiger partial charge in [0.15, 0.2) is 0 Å². The third-order valence-electron chi connectivity index (χ3n) is 4.84. The van der Waals surface area contributed by atoms with E-state index in [9.17, 15) is 14.7 Å². The highest BCUT2D eigenvalue weighted by molar-refractivity contribution is 6.46. The normalized spacial score (nSPS) is 18.6. The predicted octanol–water partition coefficient (Wildman–Crippen LogP) is 1.05. The van der Waals surface area contributed by atoms with E-state index in [1.54, 1.807) is 29.2 Å². The summed E-state index contributed by atoms with van der Waals surface area (Å²) in [5.41, 5.74) is 1.43. The molecule has 1 amide bonds. The zero-order valence-corrected chi connectivity index (χ0v) is 15.6. The number of carbonyl (C=O) groups excluding carboxylic acids is 2. The number of aliphatic hydroxyl groups is 2. The van der Waals surface area contributed by atoms with Gasteiger partial charge >= 0.3 is 0 Å². The largest absolute Gasteiger partial charge is 0.507 e. The quantitative estimate of drug-likeness (QED) is 0.276. The number of nitrogens with zero attached hydrogens (tertiary/aromatic N) is 1. The summed E-state index contributed by atoms with van der Waals surface area (Å²) >= 11 is 0. The van der Waals surface area contributed by atoms with Crippen LogP contribution in [0.25, 0.3) is 5.76 Å². The molecular weight excluding hydrogens is 356 g/mol. The Morgan fingerprint density at radius 2 is 1.61 bits per heavy atom. The number of quaternary nitrogens is 1. The first-order valence-electron chi connectivity index (χ1n) is 9.46. The van der Waals surface area contributed by atoms with E-state index in [1.807, 2.05) is 41.7 Å². The van der Waals surface area contributed by atoms with Crippen molar-refractivity contribution >= 4 is 17.4 Å². The van der Waals surface area contributed by atoms with Crippen molar-refractivity contribution in [2.75, 3.05) is 26.2 Å². The second-order valence-corrected chi connectivity index (χ2v) is 6.71. The van der Waals surface area contributed by atoms with Gasteiger partial charge in [0.05, 0.1) is 31.3 Å². The van der Waals surface area contributed by atoms with Gasteiger partial charge in [-0.2, -0.15) is 0 Å². The van der Waals surface area contributed by atoms with Gasteiger partial charge in [-0.1, -0.05) is 60.7 Å². The molecule has 0 spiro atoms. The smallest absolute Gasteiger partial charge is 0.295 e. The molecule has 3 rings (SSSR count). The molecule has 0 radical (unpaired) electrons. The molecule has 0 saturated carbocycles. The minimum Gasteiger partial charge on any atom is -0.507 e. The maximum absolute atomic E-state index is 12.8. The molecule has 28 heavy (non-hydrogen) atoms. The fourth-order valence-corrected chi connectivity index (χ4v) is 3.49. The molecule has 0 unspecified atom stereocenters. The van der Waals surface area contributed by atoms with Crippen molar-refractivity contribution in [3.05, 3.63) is 77.4 Å². The zero-order chi connectivity index (χ0) is 19.9. The van der Waals surface area contributed by atoms with Crippen LogP contribution in [0.5, 0.6) is 0 Å². The number of rotatable bonds is 8. The first-order valence-corrected chi connectivity index (χ1v) is 9.46. The summed E-state index contributed by atoms with van der Waals surface area (Å²) in [6.45, 7) is 1.85. The van der Waals surface area contributed by atoms with E-state index in [0.29, 0.717) is 25.1 Å². The summed E-state index contributed by atoms with van der Waals surface area (Å²) in [5, 5.41) is 21.7. The number of nitrogens with two attached hydrogens (primary N) is 1. The lowest BCUT2D eigenvalue weighted by Gasteiger charge is -2.25. The molecule has 146 valence electrons. The average molecular weight is 381 g/mol. The molecule has 6 nitrogen and oxygen atoms in total. The Hall–Kier alpha value is -2.96. The molecule has 0 aliphatic carbocycles. The molecule has 2 aromatic carbocycles. The van der Waals surface area contributed by atoms with Gasteiger partial charge in [-0.15, -0.1) is 0 Å². The molecule has 1 aliphatic rings. The minimum absolute atomic E-state index is 0.103. The van der Waals surface area contributed by atoms with Gasteiger partial charge in [0.1, 0.15) is 5.76 Å². The summed E-state index contributed by atoms with van der Waals surface area (Å²) < 4.78 is 0. The van der Waals surface area contributed by atoms with E-state index in [1.165, 1.54) is 0 Å². The number of amides is 1. The number of carbonyl (C=O) groups is 2. The van der Waals surface area contributed by atoms with E-state index in [0.717, 1.165) is 12.1 Å². The zero-order valence-electron chi connectivity index (χ0n) is 15.6. The van der Waals surface area contributed by atoms with E-state index >= 15 is 0 Å². The molecule has 1 saturated heterocycles. The summed E-state index contributed by atoms with van der Waals surface area (Å²) in [7, 11) is 0. The maximum Gasteiger partial charge on any atom is 0.295 e. The van der Waals surface area contributed by atoms with Crippen molar-refractivity contribution in [1.82, 2.24) is 4.90 Å². The van der Waals surface area contributed by atoms with E-state index in [4.69, 9.17) is 5.11 Å². The molecule has 1 atom stereocenters. The number of benzene rings is 2. The van der Waals surface area contributed by atoms with Crippen LogP contribution in [0.15, 0.2) is 66.2 Å². The minimum atomic E-state index is -0.658. The number of likely N-dealkylation sites (tertiary alicyclic amines) is 1. The van der Waals surface area contributed by atoms with E-state index in [-0.39, 0.29) is 17.9 Å². The summed E-state index contributed by atoms with van der Waals surface area (Å²) in [5.74, 6) is -1.40. The highest BCUT2D eigenvalue weighted by Crippen LogP contribution is 2.39. The molecular formula is C22H25N2O4+. The van der Waals surface area contributed by atoms with Crippen LogP contribution in [0.2, 0.25) is 0 Å². The van der Waals surface area contributed by atoms with Gasteiger partial charge in [0.25, 0.3) is 11.7 Å². The molecule has 6 heteroatoms. The monoisotopic (exact) mass is 381 g/mol. The average Bonchev–Trinajstić information content (AvgIpc) is 2.99. The van der Waals surface area contributed by atoms with Gasteiger partial charge in [-0.05, 0) is 5.56 Å². The summed E-state index contributed by atoms with van der Waals surface area (Å²) in [4.78, 5) is 27.1. The van der Waals surface area contributed by atoms with Gasteiger partial charge in [-0.3, -0.25) is 9.59 Å². The number of Topliss-reactive ketones (excluding diaryl/α,β-unsaturated/α-hetero) is 1. The molecule has 1 heterocycles. The standard InChI is InChI=1S/C22H24N2O4/c25-15-13-23-12-7-14-24-19(16-8-3-1-4-9-16)18(21(27)22(24)28)20(26)17-10-5-2-6-11-17/h1-6,8-11,19,23,25-26H,7,12-15H2/p+1/t19-/m1/s1. The Morgan fingerprint density at radius 1 is 0.964 bits per heavy atom. The predicted molar refractivity (Wildman–Crippen MR) is 105 cm³/mol. The van der Waals surface area contributed by atoms with Crippen LogP contribution in [0.3, 0.4) is 0 Å². The van der Waals surface area contributed by atoms with Gasteiger partial charge in [-0.25, -0.2) is 0 Å². The fraction of sp³-hybridized carbons (Fsp3) is 0.273. The van der Waals surface area contributed by atoms with Gasteiger partial charge < -0.3 is 20.4 Å². The fourth-order valence-electron chi connectivity index (χ4n) is 3.49. The van der Waals surface area contributed by atoms with Crippen molar-refractivity contribution < 1.29 is 25.1 Å². The summed E-state index contributed by atoms with van der Waals surface area (Å²) in [6.07, 6.45) is 0.682. The first kappa shape index (κ1) is 19.8. The van der Waals surface area contributed by atoms with Crippen molar-refractivity contribution in [2.45, 2.75) is 12.5 Å². The van der Waals surface area contributed by atoms with Crippen molar-refractivity contribution in [3.63, 3.8) is 0 Å². The number of hydrogen-bond donors (Lipinski definition) is 3. The molecule has 4 N–H and O–H groups in total. The number of ketones is 1. The van der Waals surface area contributed by atoms with Crippen LogP contribution in [-0.2, 0) is 9.59 Å². The van der Waals surface area contributed by atoms with Crippen LogP contribution in [0, 0.1) is 0 Å². The second kappa shape index (κ2) is 9.30. The lowest BCUT2D eigenvalue weighted by Crippen LogP contribution is -2.85. The van der Waals surface area contributed by atoms with Crippen molar-refractivity contribution in [1.29, 1.82) is 0 Å². The van der Waals surface area contributed by atoms with Crippen LogP contribution >= 0.6 is 0 Å². The van der Waals surface area contributed by atoms with Crippen molar-refractivity contribution in [2.24, 2.45) is 0 Å². The lowest BCUT2D eigenvalue weighted by molar-refractivity contribution is -0.656. The third kappa shape index (κ3) is 4.13. The lowest BCUT2D eigenvalue weighted by atomic mass is 9.95. The van der Waals surface area contributed by atoms with E-state index in [2.05, 4.69) is 0 Å². The van der Waals surface area contributed by atoms with Crippen LogP contribution in [0.1, 0.15) is 23.6 Å². The van der Waals surface area contributed by atoms with Crippen LogP contribution in [0.4, 0.5) is 0 Å². The highest BCUT2D eigenvalue weighted by Gasteiger charge is 2.45. The first-order chi connectivity index (χ1) is 13.6. The topological polar surface area (TPSA) is 94.5 Å². The summed E-state index contributed by atoms with van der Waals surface area (Å²) in [6, 6.07) is 17.5. The van der Waals surface area contributed by atoms with Crippen LogP contribution in [-0.4, -0.2) is 53.0 Å². The maximum atomic E-state index is 12.8. The molecule has 2 aromatic rings. The van der Waals surface area contributed by atoms with E-state index < -0.39 is 17.7 Å². The Labute approximate surface area is 164 Å². The second-order valence-electron chi connectivity index (χ2n) is 6.71. The number of hydrogen-bond acceptors (Lipinski definition) is 4. The Morgan fingerprint density at radius 3 is 2.25 bits per heavy atom. The Bertz CT molecular complexity index is 849. The molecule has 1 fully saturated rings. The SMILES string of the molecule is O=C1C(=O)N(CCC[NH2+]CCO)[C@H](c2ccccc2)C1=C(O)c1ccccc1. The Balaban J connectivity index is 1.96. The molecule has 1 aliphatic heterocycles. The van der Waals surface area contributed by atoms with Gasteiger partial charge in [0.2, 0.25) is 0 Å². The third-order valence-corrected chi connectivity index (χ3v) is 4.84. The molecule has 0 aromatic heterocycles. The van der Waals surface area contributed by atoms with Gasteiger partial charge in [0, 0.05) is 18.5 Å². The van der Waals surface area contributed by atoms with Crippen molar-refractivity contribution in [3.8, 4) is 0 Å². The van der Waals surface area contributed by atoms with Crippen LogP contribution < -0.4 is 5.32 Å². The highest BCUT2D eigenvalue weighted by atomic mass is 16.3.